The second-order valence-corrected chi connectivity index (χ2v) is 7.59. The van der Waals surface area contributed by atoms with Crippen LogP contribution in [0.15, 0.2) is 24.3 Å². The first kappa shape index (κ1) is 19.0. The molecule has 0 unspecified atom stereocenters. The van der Waals surface area contributed by atoms with Crippen molar-refractivity contribution in [2.24, 2.45) is 11.8 Å². The van der Waals surface area contributed by atoms with Gasteiger partial charge in [0.25, 0.3) is 0 Å². The molecule has 1 aromatic rings. The lowest BCUT2D eigenvalue weighted by atomic mass is 9.85. The number of fused-ring (bicyclic) bond motifs is 2. The number of amides is 2. The van der Waals surface area contributed by atoms with E-state index in [9.17, 15) is 14.4 Å². The van der Waals surface area contributed by atoms with Crippen molar-refractivity contribution in [3.63, 3.8) is 0 Å². The topological polar surface area (TPSA) is 82.1 Å². The summed E-state index contributed by atoms with van der Waals surface area (Å²) in [7, 11) is 0. The average Bonchev–Trinajstić information content (AvgIpc) is 2.96. The molecule has 3 atom stereocenters. The molecule has 8 heteroatoms. The van der Waals surface area contributed by atoms with E-state index in [-0.39, 0.29) is 37.0 Å². The van der Waals surface area contributed by atoms with Crippen molar-refractivity contribution in [2.45, 2.75) is 39.0 Å². The van der Waals surface area contributed by atoms with Crippen LogP contribution in [0.25, 0.3) is 0 Å². The number of halogens is 1. The Bertz CT molecular complexity index is 840. The predicted molar refractivity (Wildman–Crippen MR) is 98.2 cm³/mol. The second kappa shape index (κ2) is 7.56. The molecule has 7 nitrogen and oxygen atoms in total. The third-order valence-electron chi connectivity index (χ3n) is 5.39. The minimum atomic E-state index is -0.982. The first-order valence-electron chi connectivity index (χ1n) is 9.17. The molecular weight excluding hydrogens is 386 g/mol. The number of imide groups is 1. The molecule has 2 heterocycles. The minimum absolute atomic E-state index is 0.0727. The zero-order valence-corrected chi connectivity index (χ0v) is 16.1. The number of hydrogen-bond donors (Lipinski definition) is 0. The van der Waals surface area contributed by atoms with Crippen LogP contribution in [0.3, 0.4) is 0 Å². The number of hydrogen-bond acceptors (Lipinski definition) is 6. The number of esters is 1. The Morgan fingerprint density at radius 2 is 1.93 bits per heavy atom. The van der Waals surface area contributed by atoms with E-state index in [0.717, 1.165) is 10.5 Å². The number of ether oxygens (including phenoxy) is 3. The molecule has 28 heavy (non-hydrogen) atoms. The van der Waals surface area contributed by atoms with Gasteiger partial charge in [-0.25, -0.2) is 4.79 Å². The summed E-state index contributed by atoms with van der Waals surface area (Å²) >= 11 is 6.12. The molecule has 0 aromatic heterocycles. The fourth-order valence-corrected chi connectivity index (χ4v) is 4.21. The van der Waals surface area contributed by atoms with Gasteiger partial charge in [0.2, 0.25) is 11.8 Å². The van der Waals surface area contributed by atoms with E-state index in [1.807, 2.05) is 12.2 Å². The van der Waals surface area contributed by atoms with Crippen LogP contribution in [0, 0.1) is 11.8 Å². The highest BCUT2D eigenvalue weighted by Gasteiger charge is 2.50. The predicted octanol–water partition coefficient (Wildman–Crippen LogP) is 2.59. The quantitative estimate of drug-likeness (QED) is 0.435. The fourth-order valence-electron chi connectivity index (χ4n) is 3.95. The van der Waals surface area contributed by atoms with E-state index in [0.29, 0.717) is 35.8 Å². The van der Waals surface area contributed by atoms with E-state index in [4.69, 9.17) is 25.8 Å². The van der Waals surface area contributed by atoms with Gasteiger partial charge in [-0.1, -0.05) is 23.8 Å². The third kappa shape index (κ3) is 3.29. The van der Waals surface area contributed by atoms with Crippen LogP contribution in [-0.2, 0) is 37.1 Å². The Balaban J connectivity index is 1.45. The number of carbonyl (C=O) groups is 3. The lowest BCUT2D eigenvalue weighted by Crippen LogP contribution is -2.44. The number of nitrogens with zero attached hydrogens (tertiary/aromatic N) is 1. The molecule has 0 saturated carbocycles. The average molecular weight is 406 g/mol. The van der Waals surface area contributed by atoms with Gasteiger partial charge in [-0.05, 0) is 31.9 Å². The van der Waals surface area contributed by atoms with Gasteiger partial charge in [0.15, 0.2) is 6.79 Å². The zero-order valence-electron chi connectivity index (χ0n) is 15.4. The van der Waals surface area contributed by atoms with Crippen molar-refractivity contribution in [1.82, 2.24) is 4.90 Å². The van der Waals surface area contributed by atoms with Crippen molar-refractivity contribution in [3.05, 3.63) is 40.4 Å². The van der Waals surface area contributed by atoms with E-state index in [1.165, 1.54) is 6.92 Å². The summed E-state index contributed by atoms with van der Waals surface area (Å²) in [6, 6.07) is 2.42. The third-order valence-corrected chi connectivity index (χ3v) is 5.61. The van der Waals surface area contributed by atoms with Gasteiger partial charge in [0, 0.05) is 16.1 Å². The molecule has 0 bridgehead atoms. The van der Waals surface area contributed by atoms with E-state index >= 15 is 0 Å². The Labute approximate surface area is 167 Å². The molecule has 3 aliphatic rings. The van der Waals surface area contributed by atoms with Crippen LogP contribution in [0.1, 0.15) is 30.9 Å². The number of carbonyl (C=O) groups excluding carboxylic acids is 3. The molecule has 0 N–H and O–H groups in total. The van der Waals surface area contributed by atoms with Crippen molar-refractivity contribution in [1.29, 1.82) is 0 Å². The highest BCUT2D eigenvalue weighted by Crippen LogP contribution is 2.36. The highest BCUT2D eigenvalue weighted by molar-refractivity contribution is 6.30. The summed E-state index contributed by atoms with van der Waals surface area (Å²) in [6.07, 6.45) is 4.87. The standard InChI is InChI=1S/C20H20ClNO6/c1-11(22-18(23)15-4-2-3-5-16(15)19(22)24)20(25)27-9-13-7-14(21)6-12-8-26-10-28-17(12)13/h2-3,6-7,11,15-16H,4-5,8-10H2,1H3/t11-,15-,16+/m0/s1. The molecule has 1 aromatic carbocycles. The van der Waals surface area contributed by atoms with Crippen LogP contribution >= 0.6 is 11.6 Å². The molecule has 2 amide bonds. The molecule has 0 radical (unpaired) electrons. The van der Waals surface area contributed by atoms with Crippen LogP contribution in [-0.4, -0.2) is 35.5 Å². The van der Waals surface area contributed by atoms with Crippen molar-refractivity contribution in [3.8, 4) is 5.75 Å². The summed E-state index contributed by atoms with van der Waals surface area (Å²) in [4.78, 5) is 38.9. The summed E-state index contributed by atoms with van der Waals surface area (Å²) < 4.78 is 16.1. The molecule has 1 fully saturated rings. The number of likely N-dealkylation sites (tertiary alicyclic amines) is 1. The largest absolute Gasteiger partial charge is 0.467 e. The summed E-state index contributed by atoms with van der Waals surface area (Å²) in [5, 5.41) is 0.480. The maximum atomic E-state index is 12.6. The molecule has 4 rings (SSSR count). The van der Waals surface area contributed by atoms with Crippen LogP contribution in [0.2, 0.25) is 5.02 Å². The van der Waals surface area contributed by atoms with Gasteiger partial charge in [-0.2, -0.15) is 0 Å². The highest BCUT2D eigenvalue weighted by atomic mass is 35.5. The summed E-state index contributed by atoms with van der Waals surface area (Å²) in [5.41, 5.74) is 1.39. The van der Waals surface area contributed by atoms with Gasteiger partial charge in [0.05, 0.1) is 18.4 Å². The summed E-state index contributed by atoms with van der Waals surface area (Å²) in [5.74, 6) is -1.41. The Kier molecular flexibility index (Phi) is 5.12. The van der Waals surface area contributed by atoms with Crippen molar-refractivity contribution >= 4 is 29.4 Å². The van der Waals surface area contributed by atoms with Gasteiger partial charge in [-0.15, -0.1) is 0 Å². The SMILES string of the molecule is C[C@@H](C(=O)OCc1cc(Cl)cc2c1OCOC2)N1C(=O)[C@H]2CC=CC[C@H]2C1=O. The van der Waals surface area contributed by atoms with Gasteiger partial charge in [0.1, 0.15) is 18.4 Å². The van der Waals surface area contributed by atoms with Gasteiger partial charge < -0.3 is 14.2 Å². The number of benzene rings is 1. The van der Waals surface area contributed by atoms with E-state index in [1.54, 1.807) is 12.1 Å². The molecular formula is C20H20ClNO6. The maximum absolute atomic E-state index is 12.6. The lowest BCUT2D eigenvalue weighted by molar-refractivity contribution is -0.159. The zero-order chi connectivity index (χ0) is 19.8. The van der Waals surface area contributed by atoms with Gasteiger partial charge >= 0.3 is 5.97 Å². The fraction of sp³-hybridized carbons (Fsp3) is 0.450. The second-order valence-electron chi connectivity index (χ2n) is 7.15. The van der Waals surface area contributed by atoms with Crippen molar-refractivity contribution in [2.75, 3.05) is 6.79 Å². The van der Waals surface area contributed by atoms with Gasteiger partial charge in [-0.3, -0.25) is 14.5 Å². The smallest absolute Gasteiger partial charge is 0.329 e. The number of allylic oxidation sites excluding steroid dienone is 2. The number of rotatable bonds is 4. The molecule has 1 aliphatic carbocycles. The Morgan fingerprint density at radius 3 is 2.61 bits per heavy atom. The first-order valence-corrected chi connectivity index (χ1v) is 9.55. The van der Waals surface area contributed by atoms with E-state index < -0.39 is 12.0 Å². The van der Waals surface area contributed by atoms with Crippen LogP contribution in [0.5, 0.6) is 5.75 Å². The Morgan fingerprint density at radius 1 is 1.25 bits per heavy atom. The van der Waals surface area contributed by atoms with Crippen LogP contribution < -0.4 is 4.74 Å². The first-order chi connectivity index (χ1) is 13.5. The minimum Gasteiger partial charge on any atom is -0.467 e. The summed E-state index contributed by atoms with van der Waals surface area (Å²) in [6.45, 7) is 1.91. The molecule has 148 valence electrons. The normalized spacial score (nSPS) is 24.4. The molecule has 1 saturated heterocycles. The van der Waals surface area contributed by atoms with E-state index in [2.05, 4.69) is 0 Å². The molecule has 0 spiro atoms. The van der Waals surface area contributed by atoms with Crippen LogP contribution in [0.4, 0.5) is 0 Å². The van der Waals surface area contributed by atoms with Crippen molar-refractivity contribution < 1.29 is 28.6 Å². The Hall–Kier alpha value is -2.38. The maximum Gasteiger partial charge on any atom is 0.329 e. The monoisotopic (exact) mass is 405 g/mol. The molecule has 2 aliphatic heterocycles. The lowest BCUT2D eigenvalue weighted by Gasteiger charge is -2.23.